The third-order valence-electron chi connectivity index (χ3n) is 4.06. The number of nitrogens with zero attached hydrogens (tertiary/aromatic N) is 1. The molecule has 1 heterocycles. The Morgan fingerprint density at radius 3 is 2.62 bits per heavy atom. The molecular weight excluding hydrogens is 344 g/mol. The second kappa shape index (κ2) is 8.15. The Labute approximate surface area is 157 Å². The number of carbonyl (C=O) groups excluding carboxylic acids is 1. The van der Waals surface area contributed by atoms with Gasteiger partial charge in [-0.25, -0.2) is 4.98 Å². The summed E-state index contributed by atoms with van der Waals surface area (Å²) in [4.78, 5) is 16.8. The average molecular weight is 366 g/mol. The van der Waals surface area contributed by atoms with Gasteiger partial charge in [-0.3, -0.25) is 4.79 Å². The van der Waals surface area contributed by atoms with Crippen LogP contribution in [0.3, 0.4) is 0 Å². The number of rotatable bonds is 6. The Bertz CT molecular complexity index is 901. The van der Waals surface area contributed by atoms with Crippen LogP contribution in [0, 0.1) is 13.8 Å². The molecule has 0 aliphatic rings. The van der Waals surface area contributed by atoms with Gasteiger partial charge in [0.1, 0.15) is 5.75 Å². The molecule has 0 spiro atoms. The molecule has 0 aliphatic carbocycles. The summed E-state index contributed by atoms with van der Waals surface area (Å²) in [5.41, 5.74) is 5.22. The summed E-state index contributed by atoms with van der Waals surface area (Å²) in [5, 5.41) is 5.46. The van der Waals surface area contributed by atoms with Gasteiger partial charge in [0, 0.05) is 10.9 Å². The number of hydrogen-bond acceptors (Lipinski definition) is 4. The van der Waals surface area contributed by atoms with Gasteiger partial charge in [-0.2, -0.15) is 0 Å². The number of thiazole rings is 1. The van der Waals surface area contributed by atoms with Gasteiger partial charge in [-0.15, -0.1) is 11.3 Å². The first-order chi connectivity index (χ1) is 12.5. The minimum atomic E-state index is -0.0513. The minimum absolute atomic E-state index is 0.0513. The molecule has 134 valence electrons. The third-order valence-corrected chi connectivity index (χ3v) is 4.82. The molecule has 5 heteroatoms. The number of nitrogens with one attached hydrogen (secondary N) is 1. The van der Waals surface area contributed by atoms with Gasteiger partial charge in [0.25, 0.3) is 0 Å². The van der Waals surface area contributed by atoms with Crippen molar-refractivity contribution in [3.63, 3.8) is 0 Å². The number of hydrogen-bond donors (Lipinski definition) is 1. The van der Waals surface area contributed by atoms with E-state index in [2.05, 4.69) is 23.3 Å². The number of aromatic nitrogens is 1. The van der Waals surface area contributed by atoms with Crippen LogP contribution in [0.2, 0.25) is 0 Å². The van der Waals surface area contributed by atoms with E-state index >= 15 is 0 Å². The van der Waals surface area contributed by atoms with Crippen molar-refractivity contribution < 1.29 is 9.53 Å². The van der Waals surface area contributed by atoms with E-state index in [0.29, 0.717) is 18.2 Å². The molecule has 0 fully saturated rings. The largest absolute Gasteiger partial charge is 0.494 e. The van der Waals surface area contributed by atoms with E-state index in [9.17, 15) is 4.79 Å². The first kappa shape index (κ1) is 18.1. The normalized spacial score (nSPS) is 10.6. The summed E-state index contributed by atoms with van der Waals surface area (Å²) in [7, 11) is 0. The zero-order chi connectivity index (χ0) is 18.5. The van der Waals surface area contributed by atoms with Gasteiger partial charge in [0.05, 0.1) is 18.7 Å². The highest BCUT2D eigenvalue weighted by molar-refractivity contribution is 7.14. The van der Waals surface area contributed by atoms with Crippen molar-refractivity contribution in [1.82, 2.24) is 4.98 Å². The van der Waals surface area contributed by atoms with Crippen molar-refractivity contribution in [1.29, 1.82) is 0 Å². The Morgan fingerprint density at radius 1 is 1.15 bits per heavy atom. The maximum Gasteiger partial charge on any atom is 0.230 e. The highest BCUT2D eigenvalue weighted by Crippen LogP contribution is 2.26. The standard InChI is InChI=1S/C21H22N2O2S/c1-4-25-18-9-7-16(8-10-18)19-13-26-21(22-19)23-20(24)12-17-6-5-14(2)11-15(17)3/h5-11,13H,4,12H2,1-3H3,(H,22,23,24). The van der Waals surface area contributed by atoms with Crippen LogP contribution in [0.25, 0.3) is 11.3 Å². The van der Waals surface area contributed by atoms with Gasteiger partial charge in [0.2, 0.25) is 5.91 Å². The summed E-state index contributed by atoms with van der Waals surface area (Å²) >= 11 is 1.43. The molecular formula is C21H22N2O2S. The van der Waals surface area contributed by atoms with Crippen molar-refractivity contribution in [3.05, 3.63) is 64.5 Å². The Kier molecular flexibility index (Phi) is 5.68. The predicted molar refractivity (Wildman–Crippen MR) is 107 cm³/mol. The summed E-state index contributed by atoms with van der Waals surface area (Å²) in [6.45, 7) is 6.69. The number of benzene rings is 2. The van der Waals surface area contributed by atoms with Gasteiger partial charge in [0.15, 0.2) is 5.13 Å². The smallest absolute Gasteiger partial charge is 0.230 e. The SMILES string of the molecule is CCOc1ccc(-c2csc(NC(=O)Cc3ccc(C)cc3C)n2)cc1. The maximum absolute atomic E-state index is 12.3. The molecule has 2 aromatic carbocycles. The van der Waals surface area contributed by atoms with Crippen LogP contribution < -0.4 is 10.1 Å². The zero-order valence-electron chi connectivity index (χ0n) is 15.2. The lowest BCUT2D eigenvalue weighted by Crippen LogP contribution is -2.14. The van der Waals surface area contributed by atoms with Crippen molar-refractivity contribution >= 4 is 22.4 Å². The molecule has 4 nitrogen and oxygen atoms in total. The van der Waals surface area contributed by atoms with Crippen molar-refractivity contribution in [2.75, 3.05) is 11.9 Å². The van der Waals surface area contributed by atoms with Crippen LogP contribution in [-0.4, -0.2) is 17.5 Å². The first-order valence-corrected chi connectivity index (χ1v) is 9.48. The molecule has 26 heavy (non-hydrogen) atoms. The summed E-state index contributed by atoms with van der Waals surface area (Å²) in [5.74, 6) is 0.790. The number of aryl methyl sites for hydroxylation is 2. The van der Waals surface area contributed by atoms with Gasteiger partial charge < -0.3 is 10.1 Å². The average Bonchev–Trinajstić information content (AvgIpc) is 3.07. The van der Waals surface area contributed by atoms with Crippen molar-refractivity contribution in [2.45, 2.75) is 27.2 Å². The second-order valence-electron chi connectivity index (χ2n) is 6.15. The number of ether oxygens (including phenoxy) is 1. The fourth-order valence-corrected chi connectivity index (χ4v) is 3.47. The summed E-state index contributed by atoms with van der Waals surface area (Å²) in [6, 6.07) is 13.9. The van der Waals surface area contributed by atoms with Crippen LogP contribution in [-0.2, 0) is 11.2 Å². The van der Waals surface area contributed by atoms with Crippen molar-refractivity contribution in [3.8, 4) is 17.0 Å². The van der Waals surface area contributed by atoms with E-state index in [1.54, 1.807) is 0 Å². The highest BCUT2D eigenvalue weighted by Gasteiger charge is 2.10. The Hall–Kier alpha value is -2.66. The highest BCUT2D eigenvalue weighted by atomic mass is 32.1. The zero-order valence-corrected chi connectivity index (χ0v) is 16.0. The fourth-order valence-electron chi connectivity index (χ4n) is 2.73. The Balaban J connectivity index is 1.65. The van der Waals surface area contributed by atoms with Crippen LogP contribution in [0.4, 0.5) is 5.13 Å². The molecule has 0 radical (unpaired) electrons. The lowest BCUT2D eigenvalue weighted by atomic mass is 10.0. The third kappa shape index (κ3) is 4.49. The van der Waals surface area contributed by atoms with Gasteiger partial charge >= 0.3 is 0 Å². The van der Waals surface area contributed by atoms with E-state index in [1.165, 1.54) is 16.9 Å². The van der Waals surface area contributed by atoms with Gasteiger partial charge in [-0.1, -0.05) is 23.8 Å². The lowest BCUT2D eigenvalue weighted by Gasteiger charge is -2.06. The van der Waals surface area contributed by atoms with Crippen LogP contribution in [0.5, 0.6) is 5.75 Å². The molecule has 0 aliphatic heterocycles. The van der Waals surface area contributed by atoms with E-state index in [4.69, 9.17) is 4.74 Å². The van der Waals surface area contributed by atoms with Crippen LogP contribution in [0.1, 0.15) is 23.6 Å². The van der Waals surface area contributed by atoms with Crippen LogP contribution in [0.15, 0.2) is 47.8 Å². The van der Waals surface area contributed by atoms with E-state index in [1.807, 2.05) is 55.6 Å². The van der Waals surface area contributed by atoms with Crippen LogP contribution >= 0.6 is 11.3 Å². The number of anilines is 1. The minimum Gasteiger partial charge on any atom is -0.494 e. The summed E-state index contributed by atoms with van der Waals surface area (Å²) < 4.78 is 5.45. The number of amides is 1. The summed E-state index contributed by atoms with van der Waals surface area (Å²) in [6.07, 6.45) is 0.351. The molecule has 1 N–H and O–H groups in total. The molecule has 0 saturated heterocycles. The Morgan fingerprint density at radius 2 is 1.92 bits per heavy atom. The molecule has 1 aromatic heterocycles. The van der Waals surface area contributed by atoms with Gasteiger partial charge in [-0.05, 0) is 56.2 Å². The molecule has 0 atom stereocenters. The maximum atomic E-state index is 12.3. The topological polar surface area (TPSA) is 51.2 Å². The lowest BCUT2D eigenvalue weighted by molar-refractivity contribution is -0.115. The van der Waals surface area contributed by atoms with Crippen molar-refractivity contribution in [2.24, 2.45) is 0 Å². The molecule has 3 aromatic rings. The fraction of sp³-hybridized carbons (Fsp3) is 0.238. The molecule has 0 unspecified atom stereocenters. The molecule has 3 rings (SSSR count). The molecule has 0 bridgehead atoms. The predicted octanol–water partition coefficient (Wildman–Crippen LogP) is 5.01. The first-order valence-electron chi connectivity index (χ1n) is 8.60. The molecule has 0 saturated carbocycles. The van der Waals surface area contributed by atoms with E-state index in [-0.39, 0.29) is 5.91 Å². The van der Waals surface area contributed by atoms with E-state index in [0.717, 1.165) is 28.1 Å². The monoisotopic (exact) mass is 366 g/mol. The van der Waals surface area contributed by atoms with E-state index < -0.39 is 0 Å². The number of carbonyl (C=O) groups is 1. The molecule has 1 amide bonds. The second-order valence-corrected chi connectivity index (χ2v) is 7.01. The quantitative estimate of drug-likeness (QED) is 0.667.